The highest BCUT2D eigenvalue weighted by molar-refractivity contribution is 6.86. The van der Waals surface area contributed by atoms with E-state index in [1.165, 1.54) is 5.57 Å². The first-order chi connectivity index (χ1) is 5.30. The number of carbonyl (C=O) groups excluding carboxylic acids is 1. The molecule has 0 aliphatic heterocycles. The summed E-state index contributed by atoms with van der Waals surface area (Å²) in [4.78, 5) is 10.9. The Morgan fingerprint density at radius 3 is 1.75 bits per heavy atom. The van der Waals surface area contributed by atoms with Gasteiger partial charge in [0.05, 0.1) is 8.07 Å². The summed E-state index contributed by atoms with van der Waals surface area (Å²) in [6.45, 7) is 13.0. The van der Waals surface area contributed by atoms with Crippen molar-refractivity contribution in [1.82, 2.24) is 0 Å². The van der Waals surface area contributed by atoms with E-state index in [-0.39, 0.29) is 0 Å². The predicted octanol–water partition coefficient (Wildman–Crippen LogP) is 3.04. The number of hydrogen-bond donors (Lipinski definition) is 0. The molecule has 0 heterocycles. The first-order valence-electron chi connectivity index (χ1n) is 4.47. The fourth-order valence-corrected chi connectivity index (χ4v) is 3.00. The van der Waals surface area contributed by atoms with E-state index in [4.69, 9.17) is 0 Å². The highest BCUT2D eigenvalue weighted by Crippen LogP contribution is 2.21. The quantitative estimate of drug-likeness (QED) is 0.374. The zero-order chi connectivity index (χ0) is 9.94. The second-order valence-corrected chi connectivity index (χ2v) is 9.66. The fourth-order valence-electron chi connectivity index (χ4n) is 1.17. The Balaban J connectivity index is 5.00. The molecule has 1 nitrogen and oxygen atoms in total. The highest BCUT2D eigenvalue weighted by atomic mass is 28.3. The molecule has 0 rings (SSSR count). The molecular formula is C10H20OSi. The lowest BCUT2D eigenvalue weighted by atomic mass is 10.1. The zero-order valence-electron chi connectivity index (χ0n) is 9.06. The maximum atomic E-state index is 10.9. The molecule has 0 bridgehead atoms. The maximum Gasteiger partial charge on any atom is 0.142 e. The van der Waals surface area contributed by atoms with Gasteiger partial charge >= 0.3 is 0 Å². The minimum atomic E-state index is -1.40. The van der Waals surface area contributed by atoms with E-state index in [0.29, 0.717) is 5.92 Å². The Hall–Kier alpha value is -0.373. The smallest absolute Gasteiger partial charge is 0.142 e. The van der Waals surface area contributed by atoms with Crippen molar-refractivity contribution in [3.63, 3.8) is 0 Å². The van der Waals surface area contributed by atoms with Crippen LogP contribution in [0.25, 0.3) is 0 Å². The molecule has 0 fully saturated rings. The molecule has 0 aliphatic carbocycles. The second kappa shape index (κ2) is 4.03. The van der Waals surface area contributed by atoms with E-state index >= 15 is 0 Å². The van der Waals surface area contributed by atoms with Gasteiger partial charge in [0.15, 0.2) is 0 Å². The third-order valence-corrected chi connectivity index (χ3v) is 4.34. The Kier molecular flexibility index (Phi) is 3.91. The summed E-state index contributed by atoms with van der Waals surface area (Å²) in [5, 5.41) is 1.08. The van der Waals surface area contributed by atoms with Crippen molar-refractivity contribution in [2.24, 2.45) is 5.92 Å². The van der Waals surface area contributed by atoms with Crippen LogP contribution in [0.15, 0.2) is 10.8 Å². The van der Waals surface area contributed by atoms with E-state index in [1.807, 2.05) is 0 Å². The Bertz CT molecular complexity index is 196. The summed E-state index contributed by atoms with van der Waals surface area (Å²) in [7, 11) is -1.40. The number of aldehydes is 1. The predicted molar refractivity (Wildman–Crippen MR) is 56.9 cm³/mol. The molecule has 0 amide bonds. The van der Waals surface area contributed by atoms with Gasteiger partial charge in [-0.25, -0.2) is 0 Å². The largest absolute Gasteiger partial charge is 0.299 e. The van der Waals surface area contributed by atoms with Gasteiger partial charge in [-0.05, 0) is 18.0 Å². The van der Waals surface area contributed by atoms with Gasteiger partial charge in [0.25, 0.3) is 0 Å². The molecule has 0 aromatic carbocycles. The van der Waals surface area contributed by atoms with Crippen LogP contribution in [-0.2, 0) is 4.79 Å². The summed E-state index contributed by atoms with van der Waals surface area (Å²) in [5.41, 5.74) is 1.27. The summed E-state index contributed by atoms with van der Waals surface area (Å²) in [5.74, 6) is 0.497. The first kappa shape index (κ1) is 11.6. The lowest BCUT2D eigenvalue weighted by molar-refractivity contribution is -0.104. The van der Waals surface area contributed by atoms with Gasteiger partial charge in [0, 0.05) is 0 Å². The van der Waals surface area contributed by atoms with Crippen LogP contribution >= 0.6 is 0 Å². The molecule has 0 N–H and O–H groups in total. The number of hydrogen-bond acceptors (Lipinski definition) is 1. The van der Waals surface area contributed by atoms with Crippen LogP contribution in [0.3, 0.4) is 0 Å². The Labute approximate surface area is 76.9 Å². The molecule has 0 spiro atoms. The lowest BCUT2D eigenvalue weighted by Crippen LogP contribution is -2.27. The summed E-state index contributed by atoms with van der Waals surface area (Å²) in [6.07, 6.45) is 1.06. The van der Waals surface area contributed by atoms with E-state index in [0.717, 1.165) is 11.5 Å². The molecular weight excluding hydrogens is 164 g/mol. The van der Waals surface area contributed by atoms with Crippen molar-refractivity contribution in [2.45, 2.75) is 40.4 Å². The molecule has 12 heavy (non-hydrogen) atoms. The number of rotatable bonds is 3. The number of allylic oxidation sites excluding steroid dienone is 2. The molecule has 2 heteroatoms. The van der Waals surface area contributed by atoms with E-state index < -0.39 is 8.07 Å². The first-order valence-corrected chi connectivity index (χ1v) is 7.97. The van der Waals surface area contributed by atoms with Crippen LogP contribution in [0.2, 0.25) is 19.6 Å². The molecule has 0 saturated carbocycles. The van der Waals surface area contributed by atoms with E-state index in [1.54, 1.807) is 0 Å². The molecule has 0 aliphatic rings. The van der Waals surface area contributed by atoms with Crippen LogP contribution in [0.1, 0.15) is 20.8 Å². The van der Waals surface area contributed by atoms with Gasteiger partial charge in [0.2, 0.25) is 0 Å². The Morgan fingerprint density at radius 2 is 1.67 bits per heavy atom. The monoisotopic (exact) mass is 184 g/mol. The van der Waals surface area contributed by atoms with Crippen LogP contribution in [-0.4, -0.2) is 14.4 Å². The molecule has 0 aromatic heterocycles. The van der Waals surface area contributed by atoms with Crippen LogP contribution in [0.4, 0.5) is 0 Å². The average Bonchev–Trinajstić information content (AvgIpc) is 1.85. The molecule has 0 aromatic rings. The topological polar surface area (TPSA) is 17.1 Å². The molecule has 0 unspecified atom stereocenters. The van der Waals surface area contributed by atoms with Gasteiger partial charge in [-0.2, -0.15) is 0 Å². The van der Waals surface area contributed by atoms with Gasteiger partial charge in [-0.3, -0.25) is 4.79 Å². The minimum Gasteiger partial charge on any atom is -0.299 e. The normalized spacial score (nSPS) is 14.6. The fraction of sp³-hybridized carbons (Fsp3) is 0.700. The van der Waals surface area contributed by atoms with Crippen molar-refractivity contribution < 1.29 is 4.79 Å². The van der Waals surface area contributed by atoms with E-state index in [9.17, 15) is 4.79 Å². The van der Waals surface area contributed by atoms with E-state index in [2.05, 4.69) is 40.4 Å². The van der Waals surface area contributed by atoms with Gasteiger partial charge in [-0.15, -0.1) is 0 Å². The SMILES string of the molecule is C/C(=C(\C=O)[Si](C)(C)C)C(C)C. The second-order valence-electron chi connectivity index (χ2n) is 4.62. The third-order valence-electron chi connectivity index (χ3n) is 2.22. The molecule has 0 radical (unpaired) electrons. The molecule has 0 atom stereocenters. The highest BCUT2D eigenvalue weighted by Gasteiger charge is 2.21. The lowest BCUT2D eigenvalue weighted by Gasteiger charge is -2.20. The third kappa shape index (κ3) is 2.93. The van der Waals surface area contributed by atoms with Crippen molar-refractivity contribution in [1.29, 1.82) is 0 Å². The summed E-state index contributed by atoms with van der Waals surface area (Å²) >= 11 is 0. The molecule has 0 saturated heterocycles. The average molecular weight is 184 g/mol. The summed E-state index contributed by atoms with van der Waals surface area (Å²) in [6, 6.07) is 0. The Morgan fingerprint density at radius 1 is 1.25 bits per heavy atom. The number of carbonyl (C=O) groups is 1. The maximum absolute atomic E-state index is 10.9. The van der Waals surface area contributed by atoms with Crippen LogP contribution in [0, 0.1) is 5.92 Å². The minimum absolute atomic E-state index is 0.497. The van der Waals surface area contributed by atoms with Gasteiger partial charge < -0.3 is 0 Å². The summed E-state index contributed by atoms with van der Waals surface area (Å²) < 4.78 is 0. The van der Waals surface area contributed by atoms with Crippen molar-refractivity contribution in [3.05, 3.63) is 10.8 Å². The standard InChI is InChI=1S/C10H20OSi/c1-8(2)9(3)10(7-11)12(4,5)6/h7-8H,1-6H3/b10-9-. The van der Waals surface area contributed by atoms with Crippen molar-refractivity contribution in [3.8, 4) is 0 Å². The van der Waals surface area contributed by atoms with Gasteiger partial charge in [0.1, 0.15) is 6.29 Å². The molecule has 70 valence electrons. The van der Waals surface area contributed by atoms with Gasteiger partial charge in [-0.1, -0.05) is 39.1 Å². The van der Waals surface area contributed by atoms with Crippen molar-refractivity contribution >= 4 is 14.4 Å². The van der Waals surface area contributed by atoms with Crippen LogP contribution in [0.5, 0.6) is 0 Å². The zero-order valence-corrected chi connectivity index (χ0v) is 10.1. The van der Waals surface area contributed by atoms with Crippen molar-refractivity contribution in [2.75, 3.05) is 0 Å². The van der Waals surface area contributed by atoms with Crippen LogP contribution < -0.4 is 0 Å².